The first kappa shape index (κ1) is 22.8. The summed E-state index contributed by atoms with van der Waals surface area (Å²) >= 11 is 0. The molecule has 8 heteroatoms. The fourth-order valence-corrected chi connectivity index (χ4v) is 4.99. The molecule has 1 aliphatic rings. The van der Waals surface area contributed by atoms with E-state index in [-0.39, 0.29) is 17.3 Å². The summed E-state index contributed by atoms with van der Waals surface area (Å²) in [4.78, 5) is 14.8. The summed E-state index contributed by atoms with van der Waals surface area (Å²) in [5, 5.41) is 0. The number of nitrogens with one attached hydrogen (secondary N) is 1. The van der Waals surface area contributed by atoms with Crippen molar-refractivity contribution < 1.29 is 22.7 Å². The Hall–Kier alpha value is -3.36. The lowest BCUT2D eigenvalue weighted by molar-refractivity contribution is 0.0989. The average Bonchev–Trinajstić information content (AvgIpc) is 3.25. The molecular formula is C25H26N2O5S. The van der Waals surface area contributed by atoms with Gasteiger partial charge in [0.05, 0.1) is 19.1 Å². The number of amides is 1. The second-order valence-corrected chi connectivity index (χ2v) is 9.65. The molecule has 0 bridgehead atoms. The fraction of sp³-hybridized carbons (Fsp3) is 0.240. The molecule has 1 aliphatic heterocycles. The molecule has 0 saturated heterocycles. The standard InChI is InChI=1S/C25H26N2O5S/c1-17-5-4-6-20(13-17)25(28)27-12-11-19-14-18(7-9-22(19)27)16-26-33(29,30)21-8-10-23(31-2)24(15-21)32-3/h4-10,13-15,26H,11-12,16H2,1-3H3. The zero-order chi connectivity index (χ0) is 23.6. The molecule has 0 spiro atoms. The molecule has 1 N–H and O–H groups in total. The SMILES string of the molecule is COc1ccc(S(=O)(=O)NCc2ccc3c(c2)CCN3C(=O)c2cccc(C)c2)cc1OC. The minimum absolute atomic E-state index is 0.0284. The first-order valence-electron chi connectivity index (χ1n) is 10.5. The number of carbonyl (C=O) groups is 1. The lowest BCUT2D eigenvalue weighted by atomic mass is 10.1. The first-order chi connectivity index (χ1) is 15.8. The van der Waals surface area contributed by atoms with Crippen LogP contribution in [-0.2, 0) is 23.0 Å². The van der Waals surface area contributed by atoms with Crippen LogP contribution in [0.3, 0.4) is 0 Å². The number of carbonyl (C=O) groups excluding carboxylic acids is 1. The molecule has 0 aromatic heterocycles. The molecule has 1 amide bonds. The van der Waals surface area contributed by atoms with Gasteiger partial charge in [-0.2, -0.15) is 0 Å². The highest BCUT2D eigenvalue weighted by molar-refractivity contribution is 7.89. The minimum Gasteiger partial charge on any atom is -0.493 e. The van der Waals surface area contributed by atoms with Crippen molar-refractivity contribution >= 4 is 21.6 Å². The number of sulfonamides is 1. The second kappa shape index (κ2) is 9.25. The van der Waals surface area contributed by atoms with Gasteiger partial charge in [0.15, 0.2) is 11.5 Å². The molecule has 0 atom stereocenters. The van der Waals surface area contributed by atoms with Crippen LogP contribution in [0, 0.1) is 6.92 Å². The minimum atomic E-state index is -3.74. The van der Waals surface area contributed by atoms with Gasteiger partial charge in [0.1, 0.15) is 0 Å². The van der Waals surface area contributed by atoms with Crippen LogP contribution in [-0.4, -0.2) is 35.1 Å². The Kier molecular flexibility index (Phi) is 6.40. The third-order valence-electron chi connectivity index (χ3n) is 5.68. The van der Waals surface area contributed by atoms with Crippen LogP contribution in [0.1, 0.15) is 27.0 Å². The number of ether oxygens (including phenoxy) is 2. The van der Waals surface area contributed by atoms with E-state index >= 15 is 0 Å². The summed E-state index contributed by atoms with van der Waals surface area (Å²) in [6.07, 6.45) is 0.725. The number of benzene rings is 3. The van der Waals surface area contributed by atoms with Crippen molar-refractivity contribution in [2.45, 2.75) is 24.8 Å². The van der Waals surface area contributed by atoms with E-state index in [0.717, 1.165) is 28.8 Å². The molecular weight excluding hydrogens is 440 g/mol. The molecule has 1 heterocycles. The number of nitrogens with zero attached hydrogens (tertiary/aromatic N) is 1. The van der Waals surface area contributed by atoms with Crippen molar-refractivity contribution in [3.63, 3.8) is 0 Å². The maximum atomic E-state index is 13.0. The number of rotatable bonds is 7. The highest BCUT2D eigenvalue weighted by Crippen LogP contribution is 2.31. The molecule has 7 nitrogen and oxygen atoms in total. The summed E-state index contributed by atoms with van der Waals surface area (Å²) in [7, 11) is -0.793. The zero-order valence-corrected chi connectivity index (χ0v) is 19.6. The van der Waals surface area contributed by atoms with E-state index in [1.165, 1.54) is 26.4 Å². The van der Waals surface area contributed by atoms with Crippen LogP contribution < -0.4 is 19.1 Å². The van der Waals surface area contributed by atoms with Crippen molar-refractivity contribution in [1.82, 2.24) is 4.72 Å². The summed E-state index contributed by atoms with van der Waals surface area (Å²) < 4.78 is 38.5. The molecule has 3 aromatic rings. The number of fused-ring (bicyclic) bond motifs is 1. The van der Waals surface area contributed by atoms with Gasteiger partial charge in [0.2, 0.25) is 10.0 Å². The van der Waals surface area contributed by atoms with Crippen molar-refractivity contribution in [2.24, 2.45) is 0 Å². The van der Waals surface area contributed by atoms with Gasteiger partial charge in [-0.05, 0) is 54.8 Å². The molecule has 4 rings (SSSR count). The van der Waals surface area contributed by atoms with Crippen LogP contribution in [0.25, 0.3) is 0 Å². The van der Waals surface area contributed by atoms with Gasteiger partial charge < -0.3 is 14.4 Å². The number of hydrogen-bond acceptors (Lipinski definition) is 5. The van der Waals surface area contributed by atoms with Gasteiger partial charge in [-0.1, -0.05) is 29.8 Å². The Balaban J connectivity index is 1.48. The predicted octanol–water partition coefficient (Wildman–Crippen LogP) is 3.69. The van der Waals surface area contributed by atoms with E-state index in [9.17, 15) is 13.2 Å². The molecule has 0 aliphatic carbocycles. The van der Waals surface area contributed by atoms with Crippen molar-refractivity contribution in [3.05, 3.63) is 82.9 Å². The molecule has 0 unspecified atom stereocenters. The summed E-state index contributed by atoms with van der Waals surface area (Å²) in [5.74, 6) is 0.774. The normalized spacial score (nSPS) is 13.0. The van der Waals surface area contributed by atoms with Crippen LogP contribution >= 0.6 is 0 Å². The van der Waals surface area contributed by atoms with Crippen molar-refractivity contribution in [3.8, 4) is 11.5 Å². The van der Waals surface area contributed by atoms with Gasteiger partial charge in [-0.3, -0.25) is 4.79 Å². The van der Waals surface area contributed by atoms with Gasteiger partial charge in [0, 0.05) is 30.4 Å². The van der Waals surface area contributed by atoms with E-state index in [1.807, 2.05) is 49.4 Å². The predicted molar refractivity (Wildman–Crippen MR) is 127 cm³/mol. The maximum absolute atomic E-state index is 13.0. The second-order valence-electron chi connectivity index (χ2n) is 7.88. The van der Waals surface area contributed by atoms with Crippen LogP contribution in [0.4, 0.5) is 5.69 Å². The van der Waals surface area contributed by atoms with E-state index in [0.29, 0.717) is 23.6 Å². The zero-order valence-electron chi connectivity index (χ0n) is 18.8. The Morgan fingerprint density at radius 1 is 1.00 bits per heavy atom. The van der Waals surface area contributed by atoms with E-state index in [2.05, 4.69) is 4.72 Å². The van der Waals surface area contributed by atoms with E-state index in [4.69, 9.17) is 9.47 Å². The van der Waals surface area contributed by atoms with Crippen LogP contribution in [0.5, 0.6) is 11.5 Å². The average molecular weight is 467 g/mol. The number of aryl methyl sites for hydroxylation is 1. The third-order valence-corrected chi connectivity index (χ3v) is 7.08. The molecule has 0 saturated carbocycles. The monoisotopic (exact) mass is 466 g/mol. The van der Waals surface area contributed by atoms with E-state index in [1.54, 1.807) is 11.0 Å². The van der Waals surface area contributed by atoms with Gasteiger partial charge >= 0.3 is 0 Å². The van der Waals surface area contributed by atoms with Crippen molar-refractivity contribution in [2.75, 3.05) is 25.7 Å². The Morgan fingerprint density at radius 3 is 2.52 bits per heavy atom. The highest BCUT2D eigenvalue weighted by Gasteiger charge is 2.26. The molecule has 0 radical (unpaired) electrons. The smallest absolute Gasteiger partial charge is 0.258 e. The molecule has 33 heavy (non-hydrogen) atoms. The number of anilines is 1. The Bertz CT molecular complexity index is 1300. The lowest BCUT2D eigenvalue weighted by Gasteiger charge is -2.18. The number of hydrogen-bond donors (Lipinski definition) is 1. The largest absolute Gasteiger partial charge is 0.493 e. The quantitative estimate of drug-likeness (QED) is 0.574. The van der Waals surface area contributed by atoms with Crippen LogP contribution in [0.15, 0.2) is 65.6 Å². The molecule has 172 valence electrons. The fourth-order valence-electron chi connectivity index (χ4n) is 3.96. The summed E-state index contributed by atoms with van der Waals surface area (Å²) in [5.41, 5.74) is 4.42. The first-order valence-corrected chi connectivity index (χ1v) is 12.0. The van der Waals surface area contributed by atoms with Crippen LogP contribution in [0.2, 0.25) is 0 Å². The van der Waals surface area contributed by atoms with Gasteiger partial charge in [0.25, 0.3) is 5.91 Å². The topological polar surface area (TPSA) is 84.9 Å². The van der Waals surface area contributed by atoms with Gasteiger partial charge in [-0.25, -0.2) is 13.1 Å². The highest BCUT2D eigenvalue weighted by atomic mass is 32.2. The van der Waals surface area contributed by atoms with Crippen molar-refractivity contribution in [1.29, 1.82) is 0 Å². The summed E-state index contributed by atoms with van der Waals surface area (Å²) in [6.45, 7) is 2.70. The maximum Gasteiger partial charge on any atom is 0.258 e. The lowest BCUT2D eigenvalue weighted by Crippen LogP contribution is -2.28. The Morgan fingerprint density at radius 2 is 1.79 bits per heavy atom. The summed E-state index contributed by atoms with van der Waals surface area (Å²) in [6, 6.07) is 17.7. The molecule has 3 aromatic carbocycles. The number of methoxy groups -OCH3 is 2. The third kappa shape index (κ3) is 4.72. The molecule has 0 fully saturated rings. The Labute approximate surface area is 194 Å². The van der Waals surface area contributed by atoms with E-state index < -0.39 is 10.0 Å². The van der Waals surface area contributed by atoms with Gasteiger partial charge in [-0.15, -0.1) is 0 Å².